The molecule has 0 atom stereocenters. The molecule has 0 bridgehead atoms. The summed E-state index contributed by atoms with van der Waals surface area (Å²) in [5.41, 5.74) is 0.981. The standard InChI is InChI=1S/C8H9O/c1-7-4-3-5-8(6-7)9-2/h3-6H,1H2,2H3/q-1. The van der Waals surface area contributed by atoms with E-state index in [-0.39, 0.29) is 0 Å². The Labute approximate surface area is 55.3 Å². The zero-order valence-corrected chi connectivity index (χ0v) is 5.42. The largest absolute Gasteiger partial charge is 0.510 e. The van der Waals surface area contributed by atoms with E-state index in [9.17, 15) is 0 Å². The monoisotopic (exact) mass is 121 g/mol. The Kier molecular flexibility index (Phi) is 1.63. The van der Waals surface area contributed by atoms with E-state index >= 15 is 0 Å². The maximum absolute atomic E-state index is 4.96. The molecule has 0 aliphatic carbocycles. The van der Waals surface area contributed by atoms with Gasteiger partial charge in [-0.3, -0.25) is 0 Å². The molecular weight excluding hydrogens is 112 g/mol. The molecule has 0 unspecified atom stereocenters. The van der Waals surface area contributed by atoms with Gasteiger partial charge < -0.3 is 4.74 Å². The summed E-state index contributed by atoms with van der Waals surface area (Å²) in [4.78, 5) is 0. The van der Waals surface area contributed by atoms with Crippen LogP contribution >= 0.6 is 0 Å². The van der Waals surface area contributed by atoms with E-state index in [1.807, 2.05) is 24.3 Å². The molecule has 1 aromatic carbocycles. The zero-order valence-electron chi connectivity index (χ0n) is 5.42. The minimum absolute atomic E-state index is 0.863. The highest BCUT2D eigenvalue weighted by Crippen LogP contribution is 2.10. The molecule has 1 nitrogen and oxygen atoms in total. The van der Waals surface area contributed by atoms with Crippen LogP contribution in [0.5, 0.6) is 5.75 Å². The van der Waals surface area contributed by atoms with E-state index in [0.717, 1.165) is 11.3 Å². The van der Waals surface area contributed by atoms with E-state index in [2.05, 4.69) is 6.92 Å². The molecule has 9 heavy (non-hydrogen) atoms. The molecule has 0 fully saturated rings. The first kappa shape index (κ1) is 6.02. The number of hydrogen-bond acceptors (Lipinski definition) is 1. The first-order valence-corrected chi connectivity index (χ1v) is 2.79. The molecular formula is C8H9O-. The Balaban J connectivity index is 2.94. The smallest absolute Gasteiger partial charge is 0.0759 e. The summed E-state index contributed by atoms with van der Waals surface area (Å²) in [5, 5.41) is 0. The lowest BCUT2D eigenvalue weighted by molar-refractivity contribution is 0.414. The van der Waals surface area contributed by atoms with Crippen molar-refractivity contribution in [2.75, 3.05) is 7.11 Å². The predicted octanol–water partition coefficient (Wildman–Crippen LogP) is 1.88. The summed E-state index contributed by atoms with van der Waals surface area (Å²) in [5.74, 6) is 0.863. The highest BCUT2D eigenvalue weighted by atomic mass is 16.5. The second-order valence-electron chi connectivity index (χ2n) is 1.85. The maximum Gasteiger partial charge on any atom is 0.0759 e. The average molecular weight is 121 g/mol. The molecule has 0 amide bonds. The molecule has 1 rings (SSSR count). The quantitative estimate of drug-likeness (QED) is 0.515. The van der Waals surface area contributed by atoms with Crippen LogP contribution in [0, 0.1) is 6.92 Å². The third-order valence-electron chi connectivity index (χ3n) is 1.13. The van der Waals surface area contributed by atoms with Gasteiger partial charge in [-0.1, -0.05) is 0 Å². The normalized spacial score (nSPS) is 9.00. The molecule has 1 aromatic rings. The van der Waals surface area contributed by atoms with E-state index in [4.69, 9.17) is 4.74 Å². The molecule has 0 aromatic heterocycles. The van der Waals surface area contributed by atoms with Gasteiger partial charge in [0.25, 0.3) is 0 Å². The van der Waals surface area contributed by atoms with E-state index in [1.165, 1.54) is 0 Å². The summed E-state index contributed by atoms with van der Waals surface area (Å²) in [6, 6.07) is 7.64. The van der Waals surface area contributed by atoms with Crippen LogP contribution in [0.2, 0.25) is 0 Å². The molecule has 0 spiro atoms. The number of ether oxygens (including phenoxy) is 1. The third kappa shape index (κ3) is 1.39. The van der Waals surface area contributed by atoms with Crippen LogP contribution < -0.4 is 4.74 Å². The van der Waals surface area contributed by atoms with Crippen LogP contribution in [0.25, 0.3) is 0 Å². The lowest BCUT2D eigenvalue weighted by atomic mass is 10.2. The van der Waals surface area contributed by atoms with Crippen LogP contribution in [0.3, 0.4) is 0 Å². The maximum atomic E-state index is 4.96. The molecule has 48 valence electrons. The van der Waals surface area contributed by atoms with Crippen molar-refractivity contribution in [1.29, 1.82) is 0 Å². The topological polar surface area (TPSA) is 9.23 Å². The number of methoxy groups -OCH3 is 1. The molecule has 0 aliphatic heterocycles. The second kappa shape index (κ2) is 2.44. The molecule has 0 heterocycles. The van der Waals surface area contributed by atoms with Gasteiger partial charge in [-0.2, -0.15) is 18.6 Å². The highest BCUT2D eigenvalue weighted by Gasteiger charge is 1.79. The van der Waals surface area contributed by atoms with Gasteiger partial charge in [-0.15, -0.1) is 12.1 Å². The lowest BCUT2D eigenvalue weighted by Gasteiger charge is -2.04. The fourth-order valence-corrected chi connectivity index (χ4v) is 0.672. The fourth-order valence-electron chi connectivity index (χ4n) is 0.672. The van der Waals surface area contributed by atoms with Gasteiger partial charge in [-0.05, 0) is 6.07 Å². The Hall–Kier alpha value is -1.11. The molecule has 0 aliphatic rings. The van der Waals surface area contributed by atoms with Crippen molar-refractivity contribution in [1.82, 2.24) is 0 Å². The molecule has 0 radical (unpaired) electrons. The van der Waals surface area contributed by atoms with Gasteiger partial charge in [0.1, 0.15) is 0 Å². The van der Waals surface area contributed by atoms with Crippen LogP contribution in [-0.4, -0.2) is 7.11 Å². The summed E-state index contributed by atoms with van der Waals surface area (Å²) in [7, 11) is 1.65. The summed E-state index contributed by atoms with van der Waals surface area (Å²) in [6.45, 7) is 3.75. The third-order valence-corrected chi connectivity index (χ3v) is 1.13. The van der Waals surface area contributed by atoms with Crippen LogP contribution in [0.1, 0.15) is 5.56 Å². The predicted molar refractivity (Wildman–Crippen MR) is 37.5 cm³/mol. The molecule has 0 saturated heterocycles. The minimum Gasteiger partial charge on any atom is -0.510 e. The highest BCUT2D eigenvalue weighted by molar-refractivity contribution is 5.29. The number of hydrogen-bond donors (Lipinski definition) is 0. The molecule has 0 N–H and O–H groups in total. The van der Waals surface area contributed by atoms with Gasteiger partial charge >= 0.3 is 0 Å². The summed E-state index contributed by atoms with van der Waals surface area (Å²) >= 11 is 0. The Bertz CT molecular complexity index is 194. The minimum atomic E-state index is 0.863. The average Bonchev–Trinajstić information content (AvgIpc) is 1.88. The van der Waals surface area contributed by atoms with Gasteiger partial charge in [0.2, 0.25) is 0 Å². The zero-order chi connectivity index (χ0) is 6.69. The summed E-state index contributed by atoms with van der Waals surface area (Å²) in [6.07, 6.45) is 0. The van der Waals surface area contributed by atoms with Crippen molar-refractivity contribution in [3.8, 4) is 5.75 Å². The van der Waals surface area contributed by atoms with Crippen molar-refractivity contribution < 1.29 is 4.74 Å². The van der Waals surface area contributed by atoms with Crippen molar-refractivity contribution in [2.24, 2.45) is 0 Å². The van der Waals surface area contributed by atoms with Crippen molar-refractivity contribution >= 4 is 0 Å². The van der Waals surface area contributed by atoms with Crippen molar-refractivity contribution in [2.45, 2.75) is 0 Å². The number of rotatable bonds is 1. The van der Waals surface area contributed by atoms with Gasteiger partial charge in [-0.25, -0.2) is 0 Å². The van der Waals surface area contributed by atoms with Crippen LogP contribution in [0.15, 0.2) is 24.3 Å². The molecule has 1 heteroatoms. The SMILES string of the molecule is [CH2-]c1cccc(OC)c1. The number of benzene rings is 1. The summed E-state index contributed by atoms with van der Waals surface area (Å²) < 4.78 is 4.96. The van der Waals surface area contributed by atoms with Gasteiger partial charge in [0.15, 0.2) is 0 Å². The first-order chi connectivity index (χ1) is 4.33. The first-order valence-electron chi connectivity index (χ1n) is 2.79. The van der Waals surface area contributed by atoms with Crippen molar-refractivity contribution in [3.05, 3.63) is 36.8 Å². The second-order valence-corrected chi connectivity index (χ2v) is 1.85. The van der Waals surface area contributed by atoms with Crippen LogP contribution in [-0.2, 0) is 0 Å². The fraction of sp³-hybridized carbons (Fsp3) is 0.125. The molecule has 0 saturated carbocycles. The Morgan fingerprint density at radius 1 is 1.44 bits per heavy atom. The van der Waals surface area contributed by atoms with Crippen molar-refractivity contribution in [3.63, 3.8) is 0 Å². The Morgan fingerprint density at radius 2 is 2.22 bits per heavy atom. The lowest BCUT2D eigenvalue weighted by Crippen LogP contribution is -1.81. The van der Waals surface area contributed by atoms with Crippen LogP contribution in [0.4, 0.5) is 0 Å². The van der Waals surface area contributed by atoms with E-state index < -0.39 is 0 Å². The van der Waals surface area contributed by atoms with E-state index in [1.54, 1.807) is 7.11 Å². The van der Waals surface area contributed by atoms with Gasteiger partial charge in [0, 0.05) is 0 Å². The van der Waals surface area contributed by atoms with Gasteiger partial charge in [0.05, 0.1) is 12.9 Å². The Morgan fingerprint density at radius 3 is 2.67 bits per heavy atom. The van der Waals surface area contributed by atoms with E-state index in [0.29, 0.717) is 0 Å².